The van der Waals surface area contributed by atoms with Gasteiger partial charge in [0.25, 0.3) is 0 Å². The maximum absolute atomic E-state index is 12.1. The van der Waals surface area contributed by atoms with Gasteiger partial charge in [-0.3, -0.25) is 9.59 Å². The summed E-state index contributed by atoms with van der Waals surface area (Å²) >= 11 is 3.33. The summed E-state index contributed by atoms with van der Waals surface area (Å²) in [5.41, 5.74) is 6.16. The van der Waals surface area contributed by atoms with E-state index in [2.05, 4.69) is 15.9 Å². The fourth-order valence-corrected chi connectivity index (χ4v) is 3.00. The van der Waals surface area contributed by atoms with E-state index < -0.39 is 0 Å². The summed E-state index contributed by atoms with van der Waals surface area (Å²) < 4.78 is 0.853. The van der Waals surface area contributed by atoms with E-state index in [0.29, 0.717) is 12.2 Å². The highest BCUT2D eigenvalue weighted by Crippen LogP contribution is 2.53. The van der Waals surface area contributed by atoms with Crippen LogP contribution in [-0.4, -0.2) is 18.4 Å². The van der Waals surface area contributed by atoms with Gasteiger partial charge in [0.15, 0.2) is 0 Å². The maximum Gasteiger partial charge on any atom is 0.238 e. The summed E-state index contributed by atoms with van der Waals surface area (Å²) in [6.07, 6.45) is 0. The second-order valence-electron chi connectivity index (χ2n) is 4.44. The van der Waals surface area contributed by atoms with Crippen LogP contribution in [0.3, 0.4) is 0 Å². The largest absolute Gasteiger partial charge is 0.330 e. The van der Waals surface area contributed by atoms with Crippen molar-refractivity contribution >= 4 is 33.4 Å². The Labute approximate surface area is 107 Å². The Bertz CT molecular complexity index is 495. The lowest BCUT2D eigenvalue weighted by Crippen LogP contribution is -2.35. The van der Waals surface area contributed by atoms with Crippen LogP contribution in [0.25, 0.3) is 0 Å². The number of benzene rings is 1. The molecule has 0 bridgehead atoms. The molecule has 2 unspecified atom stereocenters. The molecule has 88 valence electrons. The molecule has 5 heteroatoms. The molecular formula is C12H11BrN2O2. The summed E-state index contributed by atoms with van der Waals surface area (Å²) in [5, 5.41) is 0. The first-order valence-corrected chi connectivity index (χ1v) is 6.28. The smallest absolute Gasteiger partial charge is 0.238 e. The Balaban J connectivity index is 1.93. The van der Waals surface area contributed by atoms with Crippen molar-refractivity contribution in [3.05, 3.63) is 28.7 Å². The lowest BCUT2D eigenvalue weighted by molar-refractivity contribution is -0.124. The second kappa shape index (κ2) is 3.65. The Morgan fingerprint density at radius 1 is 1.24 bits per heavy atom. The number of piperidine rings is 1. The van der Waals surface area contributed by atoms with Gasteiger partial charge in [0.1, 0.15) is 0 Å². The minimum absolute atomic E-state index is 0.0680. The average molecular weight is 295 g/mol. The number of fused-ring (bicyclic) bond motifs is 1. The summed E-state index contributed by atoms with van der Waals surface area (Å²) in [6, 6.07) is 7.21. The molecule has 1 heterocycles. The minimum atomic E-state index is -0.175. The molecule has 0 radical (unpaired) electrons. The summed E-state index contributed by atoms with van der Waals surface area (Å²) in [7, 11) is 0. The Morgan fingerprint density at radius 3 is 2.41 bits per heavy atom. The molecule has 1 aliphatic carbocycles. The van der Waals surface area contributed by atoms with Gasteiger partial charge in [-0.1, -0.05) is 22.0 Å². The zero-order valence-corrected chi connectivity index (χ0v) is 10.6. The van der Waals surface area contributed by atoms with E-state index in [9.17, 15) is 9.59 Å². The highest BCUT2D eigenvalue weighted by molar-refractivity contribution is 9.10. The van der Waals surface area contributed by atoms with Crippen LogP contribution in [0.2, 0.25) is 0 Å². The van der Waals surface area contributed by atoms with Crippen molar-refractivity contribution < 1.29 is 9.59 Å². The van der Waals surface area contributed by atoms with Crippen molar-refractivity contribution in [3.63, 3.8) is 0 Å². The molecule has 1 saturated carbocycles. The molecular weight excluding hydrogens is 284 g/mol. The zero-order valence-electron chi connectivity index (χ0n) is 8.97. The fourth-order valence-electron chi connectivity index (χ4n) is 2.62. The molecule has 4 nitrogen and oxygen atoms in total. The first-order valence-electron chi connectivity index (χ1n) is 5.48. The van der Waals surface area contributed by atoms with Crippen molar-refractivity contribution in [2.75, 3.05) is 11.4 Å². The number of hydrogen-bond donors (Lipinski definition) is 1. The van der Waals surface area contributed by atoms with Gasteiger partial charge >= 0.3 is 0 Å². The van der Waals surface area contributed by atoms with Crippen LogP contribution < -0.4 is 10.6 Å². The van der Waals surface area contributed by atoms with E-state index in [0.717, 1.165) is 4.47 Å². The summed E-state index contributed by atoms with van der Waals surface area (Å²) in [4.78, 5) is 25.4. The van der Waals surface area contributed by atoms with E-state index >= 15 is 0 Å². The first kappa shape index (κ1) is 10.9. The first-order chi connectivity index (χ1) is 8.15. The van der Waals surface area contributed by atoms with Gasteiger partial charge in [-0.15, -0.1) is 0 Å². The Hall–Kier alpha value is -1.20. The molecule has 3 rings (SSSR count). The molecule has 2 atom stereocenters. The summed E-state index contributed by atoms with van der Waals surface area (Å²) in [5.74, 6) is -0.488. The van der Waals surface area contributed by atoms with Gasteiger partial charge in [0.05, 0.1) is 17.5 Å². The van der Waals surface area contributed by atoms with E-state index in [1.807, 2.05) is 12.1 Å². The van der Waals surface area contributed by atoms with Crippen LogP contribution in [0.1, 0.15) is 0 Å². The molecule has 0 aromatic heterocycles. The van der Waals surface area contributed by atoms with Gasteiger partial charge in [-0.25, -0.2) is 4.90 Å². The fraction of sp³-hybridized carbons (Fsp3) is 0.333. The molecule has 1 aromatic rings. The number of carbonyl (C=O) groups excluding carboxylic acids is 2. The van der Waals surface area contributed by atoms with Crippen molar-refractivity contribution in [2.45, 2.75) is 0 Å². The number of nitrogens with two attached hydrogens (primary N) is 1. The SMILES string of the molecule is NCC1C2C(=O)N(c3cccc(Br)c3)C(=O)C12. The van der Waals surface area contributed by atoms with E-state index in [1.165, 1.54) is 4.90 Å². The van der Waals surface area contributed by atoms with Crippen molar-refractivity contribution in [2.24, 2.45) is 23.5 Å². The molecule has 2 aliphatic rings. The molecule has 1 saturated heterocycles. The molecule has 17 heavy (non-hydrogen) atoms. The average Bonchev–Trinajstić information content (AvgIpc) is 2.97. The highest BCUT2D eigenvalue weighted by Gasteiger charge is 2.66. The number of carbonyl (C=O) groups is 2. The number of nitrogens with zero attached hydrogens (tertiary/aromatic N) is 1. The van der Waals surface area contributed by atoms with Gasteiger partial charge in [-0.2, -0.15) is 0 Å². The lowest BCUT2D eigenvalue weighted by Gasteiger charge is -2.18. The van der Waals surface area contributed by atoms with Gasteiger partial charge < -0.3 is 5.73 Å². The number of hydrogen-bond acceptors (Lipinski definition) is 3. The molecule has 2 amide bonds. The predicted octanol–water partition coefficient (Wildman–Crippen LogP) is 1.14. The Kier molecular flexibility index (Phi) is 2.34. The third-order valence-electron chi connectivity index (χ3n) is 3.52. The molecule has 2 fully saturated rings. The van der Waals surface area contributed by atoms with Crippen LogP contribution in [0.4, 0.5) is 5.69 Å². The second-order valence-corrected chi connectivity index (χ2v) is 5.36. The van der Waals surface area contributed by atoms with Crippen LogP contribution in [0.5, 0.6) is 0 Å². The van der Waals surface area contributed by atoms with Crippen LogP contribution in [0, 0.1) is 17.8 Å². The number of rotatable bonds is 2. The number of imide groups is 1. The third-order valence-corrected chi connectivity index (χ3v) is 4.01. The van der Waals surface area contributed by atoms with Crippen LogP contribution in [0.15, 0.2) is 28.7 Å². The Morgan fingerprint density at radius 2 is 1.88 bits per heavy atom. The van der Waals surface area contributed by atoms with Crippen molar-refractivity contribution in [1.29, 1.82) is 0 Å². The van der Waals surface area contributed by atoms with E-state index in [4.69, 9.17) is 5.73 Å². The van der Waals surface area contributed by atoms with Gasteiger partial charge in [0, 0.05) is 4.47 Å². The zero-order chi connectivity index (χ0) is 12.2. The minimum Gasteiger partial charge on any atom is -0.330 e. The highest BCUT2D eigenvalue weighted by atomic mass is 79.9. The summed E-state index contributed by atoms with van der Waals surface area (Å²) in [6.45, 7) is 0.416. The molecule has 1 aliphatic heterocycles. The van der Waals surface area contributed by atoms with E-state index in [1.54, 1.807) is 12.1 Å². The van der Waals surface area contributed by atoms with Gasteiger partial charge in [0.2, 0.25) is 11.8 Å². The maximum atomic E-state index is 12.1. The van der Waals surface area contributed by atoms with Crippen LogP contribution in [-0.2, 0) is 9.59 Å². The van der Waals surface area contributed by atoms with E-state index in [-0.39, 0.29) is 29.6 Å². The third kappa shape index (κ3) is 1.46. The normalized spacial score (nSPS) is 30.7. The number of amides is 2. The number of anilines is 1. The lowest BCUT2D eigenvalue weighted by atomic mass is 10.2. The van der Waals surface area contributed by atoms with Crippen molar-refractivity contribution in [1.82, 2.24) is 0 Å². The molecule has 2 N–H and O–H groups in total. The molecule has 1 aromatic carbocycles. The molecule has 0 spiro atoms. The topological polar surface area (TPSA) is 63.4 Å². The van der Waals surface area contributed by atoms with Crippen molar-refractivity contribution in [3.8, 4) is 0 Å². The predicted molar refractivity (Wildman–Crippen MR) is 66.2 cm³/mol. The standard InChI is InChI=1S/C12H11BrN2O2/c13-6-2-1-3-7(4-6)15-11(16)9-8(5-14)10(9)12(15)17/h1-4,8-10H,5,14H2. The van der Waals surface area contributed by atoms with Crippen LogP contribution >= 0.6 is 15.9 Å². The monoisotopic (exact) mass is 294 g/mol. The quantitative estimate of drug-likeness (QED) is 0.832. The van der Waals surface area contributed by atoms with Gasteiger partial charge in [-0.05, 0) is 30.7 Å². The number of halogens is 1.